The summed E-state index contributed by atoms with van der Waals surface area (Å²) in [6.45, 7) is 6.00. The number of anilines is 1. The Labute approximate surface area is 162 Å². The number of carbonyl (C=O) groups is 2. The van der Waals surface area contributed by atoms with Crippen molar-refractivity contribution in [3.63, 3.8) is 0 Å². The van der Waals surface area contributed by atoms with E-state index < -0.39 is 0 Å². The third kappa shape index (κ3) is 5.80. The standard InChI is InChI=1S/C22H33N3O2/c1-17(18-10-12-23-13-11-18)16-21(26)24-20-8-6-19(7-9-20)22(27)25-14-4-2-3-5-15-25/h6-9,17-18,23H,2-5,10-16H2,1H3,(H,24,26). The molecule has 1 aromatic rings. The molecule has 1 atom stereocenters. The van der Waals surface area contributed by atoms with E-state index in [4.69, 9.17) is 0 Å². The first kappa shape index (κ1) is 19.9. The van der Waals surface area contributed by atoms with Gasteiger partial charge in [0, 0.05) is 30.8 Å². The fraction of sp³-hybridized carbons (Fsp3) is 0.636. The van der Waals surface area contributed by atoms with Crippen LogP contribution < -0.4 is 10.6 Å². The first-order valence-electron chi connectivity index (χ1n) is 10.5. The van der Waals surface area contributed by atoms with Crippen LogP contribution in [-0.4, -0.2) is 42.9 Å². The number of nitrogens with one attached hydrogen (secondary N) is 2. The zero-order valence-electron chi connectivity index (χ0n) is 16.5. The van der Waals surface area contributed by atoms with Crippen LogP contribution in [0, 0.1) is 11.8 Å². The highest BCUT2D eigenvalue weighted by atomic mass is 16.2. The molecular formula is C22H33N3O2. The topological polar surface area (TPSA) is 61.4 Å². The number of piperidine rings is 1. The average molecular weight is 372 g/mol. The molecule has 0 spiro atoms. The summed E-state index contributed by atoms with van der Waals surface area (Å²) in [5.74, 6) is 1.20. The van der Waals surface area contributed by atoms with Gasteiger partial charge in [-0.3, -0.25) is 9.59 Å². The first-order valence-corrected chi connectivity index (χ1v) is 10.5. The van der Waals surface area contributed by atoms with E-state index in [9.17, 15) is 9.59 Å². The molecule has 1 aromatic carbocycles. The lowest BCUT2D eigenvalue weighted by Gasteiger charge is -2.27. The van der Waals surface area contributed by atoms with Crippen molar-refractivity contribution in [2.45, 2.75) is 51.9 Å². The Hall–Kier alpha value is -1.88. The molecule has 2 aliphatic heterocycles. The van der Waals surface area contributed by atoms with Crippen molar-refractivity contribution < 1.29 is 9.59 Å². The average Bonchev–Trinajstić information content (AvgIpc) is 2.98. The number of hydrogen-bond donors (Lipinski definition) is 2. The van der Waals surface area contributed by atoms with Crippen molar-refractivity contribution in [2.75, 3.05) is 31.5 Å². The maximum Gasteiger partial charge on any atom is 0.253 e. The number of likely N-dealkylation sites (tertiary alicyclic amines) is 1. The summed E-state index contributed by atoms with van der Waals surface area (Å²) in [6, 6.07) is 7.36. The number of rotatable bonds is 5. The van der Waals surface area contributed by atoms with Gasteiger partial charge >= 0.3 is 0 Å². The van der Waals surface area contributed by atoms with Crippen LogP contribution in [-0.2, 0) is 4.79 Å². The zero-order chi connectivity index (χ0) is 19.1. The highest BCUT2D eigenvalue weighted by molar-refractivity contribution is 5.95. The SMILES string of the molecule is CC(CC(=O)Nc1ccc(C(=O)N2CCCCCC2)cc1)C1CCNCC1. The Balaban J connectivity index is 1.50. The lowest BCUT2D eigenvalue weighted by molar-refractivity contribution is -0.117. The Bertz CT molecular complexity index is 615. The van der Waals surface area contributed by atoms with Crippen LogP contribution in [0.3, 0.4) is 0 Å². The number of benzene rings is 1. The second kappa shape index (κ2) is 9.88. The van der Waals surface area contributed by atoms with E-state index in [2.05, 4.69) is 17.6 Å². The molecule has 0 bridgehead atoms. The Morgan fingerprint density at radius 1 is 1.07 bits per heavy atom. The molecule has 0 aliphatic carbocycles. The van der Waals surface area contributed by atoms with Gasteiger partial charge in [-0.05, 0) is 74.9 Å². The second-order valence-electron chi connectivity index (χ2n) is 8.10. The summed E-state index contributed by atoms with van der Waals surface area (Å²) in [6.07, 6.45) is 7.47. The summed E-state index contributed by atoms with van der Waals surface area (Å²) in [5.41, 5.74) is 1.47. The van der Waals surface area contributed by atoms with Crippen molar-refractivity contribution >= 4 is 17.5 Å². The molecule has 3 rings (SSSR count). The molecule has 2 fully saturated rings. The zero-order valence-corrected chi connectivity index (χ0v) is 16.5. The maximum absolute atomic E-state index is 12.6. The minimum absolute atomic E-state index is 0.0626. The molecule has 1 unspecified atom stereocenters. The quantitative estimate of drug-likeness (QED) is 0.830. The molecular weight excluding hydrogens is 338 g/mol. The Kier molecular flexibility index (Phi) is 7.27. The van der Waals surface area contributed by atoms with Gasteiger partial charge in [0.2, 0.25) is 5.91 Å². The van der Waals surface area contributed by atoms with Crippen molar-refractivity contribution in [3.05, 3.63) is 29.8 Å². The second-order valence-corrected chi connectivity index (χ2v) is 8.10. The molecule has 27 heavy (non-hydrogen) atoms. The van der Waals surface area contributed by atoms with Crippen LogP contribution in [0.15, 0.2) is 24.3 Å². The monoisotopic (exact) mass is 371 g/mol. The molecule has 0 aromatic heterocycles. The Morgan fingerprint density at radius 3 is 2.33 bits per heavy atom. The van der Waals surface area contributed by atoms with Gasteiger partial charge < -0.3 is 15.5 Å². The number of hydrogen-bond acceptors (Lipinski definition) is 3. The molecule has 2 saturated heterocycles. The summed E-state index contributed by atoms with van der Waals surface area (Å²) in [4.78, 5) is 27.0. The molecule has 5 heteroatoms. The summed E-state index contributed by atoms with van der Waals surface area (Å²) >= 11 is 0. The van der Waals surface area contributed by atoms with Gasteiger partial charge in [0.1, 0.15) is 0 Å². The molecule has 0 radical (unpaired) electrons. The largest absolute Gasteiger partial charge is 0.339 e. The predicted molar refractivity (Wildman–Crippen MR) is 109 cm³/mol. The number of nitrogens with zero attached hydrogens (tertiary/aromatic N) is 1. The third-order valence-corrected chi connectivity index (χ3v) is 6.00. The van der Waals surface area contributed by atoms with Gasteiger partial charge in [-0.25, -0.2) is 0 Å². The molecule has 2 aliphatic rings. The minimum Gasteiger partial charge on any atom is -0.339 e. The van der Waals surface area contributed by atoms with E-state index in [1.54, 1.807) is 0 Å². The van der Waals surface area contributed by atoms with Crippen LogP contribution in [0.1, 0.15) is 62.2 Å². The lowest BCUT2D eigenvalue weighted by Crippen LogP contribution is -2.32. The fourth-order valence-corrected chi connectivity index (χ4v) is 4.24. The Morgan fingerprint density at radius 2 is 1.70 bits per heavy atom. The maximum atomic E-state index is 12.6. The third-order valence-electron chi connectivity index (χ3n) is 6.00. The predicted octanol–water partition coefficient (Wildman–Crippen LogP) is 3.67. The molecule has 2 heterocycles. The molecule has 0 saturated carbocycles. The molecule has 2 N–H and O–H groups in total. The van der Waals surface area contributed by atoms with Gasteiger partial charge in [-0.2, -0.15) is 0 Å². The molecule has 5 nitrogen and oxygen atoms in total. The van der Waals surface area contributed by atoms with Crippen LogP contribution in [0.2, 0.25) is 0 Å². The van der Waals surface area contributed by atoms with Gasteiger partial charge in [-0.1, -0.05) is 19.8 Å². The van der Waals surface area contributed by atoms with Crippen LogP contribution in [0.25, 0.3) is 0 Å². The van der Waals surface area contributed by atoms with Crippen molar-refractivity contribution in [3.8, 4) is 0 Å². The van der Waals surface area contributed by atoms with Crippen molar-refractivity contribution in [1.29, 1.82) is 0 Å². The van der Waals surface area contributed by atoms with Crippen LogP contribution >= 0.6 is 0 Å². The first-order chi connectivity index (χ1) is 13.1. The van der Waals surface area contributed by atoms with Crippen molar-refractivity contribution in [2.24, 2.45) is 11.8 Å². The van der Waals surface area contributed by atoms with Crippen LogP contribution in [0.5, 0.6) is 0 Å². The van der Waals surface area contributed by atoms with Gasteiger partial charge in [0.25, 0.3) is 5.91 Å². The highest BCUT2D eigenvalue weighted by Crippen LogP contribution is 2.25. The smallest absolute Gasteiger partial charge is 0.253 e. The summed E-state index contributed by atoms with van der Waals surface area (Å²) in [5, 5.41) is 6.36. The minimum atomic E-state index is 0.0626. The van der Waals surface area contributed by atoms with E-state index in [-0.39, 0.29) is 11.8 Å². The normalized spacial score (nSPS) is 20.0. The van der Waals surface area contributed by atoms with Crippen LogP contribution in [0.4, 0.5) is 5.69 Å². The number of carbonyl (C=O) groups excluding carboxylic acids is 2. The lowest BCUT2D eigenvalue weighted by atomic mass is 9.84. The van der Waals surface area contributed by atoms with E-state index in [0.717, 1.165) is 57.5 Å². The summed E-state index contributed by atoms with van der Waals surface area (Å²) in [7, 11) is 0. The molecule has 148 valence electrons. The number of amides is 2. The summed E-state index contributed by atoms with van der Waals surface area (Å²) < 4.78 is 0. The van der Waals surface area contributed by atoms with E-state index in [1.165, 1.54) is 12.8 Å². The van der Waals surface area contributed by atoms with E-state index in [1.807, 2.05) is 29.2 Å². The highest BCUT2D eigenvalue weighted by Gasteiger charge is 2.22. The van der Waals surface area contributed by atoms with Gasteiger partial charge in [0.15, 0.2) is 0 Å². The van der Waals surface area contributed by atoms with E-state index >= 15 is 0 Å². The molecule has 2 amide bonds. The fourth-order valence-electron chi connectivity index (χ4n) is 4.24. The van der Waals surface area contributed by atoms with Gasteiger partial charge in [0.05, 0.1) is 0 Å². The van der Waals surface area contributed by atoms with E-state index in [0.29, 0.717) is 23.8 Å². The van der Waals surface area contributed by atoms with Crippen molar-refractivity contribution in [1.82, 2.24) is 10.2 Å². The van der Waals surface area contributed by atoms with Gasteiger partial charge in [-0.15, -0.1) is 0 Å².